The summed E-state index contributed by atoms with van der Waals surface area (Å²) in [7, 11) is 0. The molecule has 1 aliphatic carbocycles. The number of rotatable bonds is 3. The molecule has 0 saturated heterocycles. The van der Waals surface area contributed by atoms with Gasteiger partial charge in [0.05, 0.1) is 0 Å². The van der Waals surface area contributed by atoms with Gasteiger partial charge in [0.1, 0.15) is 5.75 Å². The number of carbonyl (C=O) groups excluding carboxylic acids is 1. The number of nitrogens with two attached hydrogens (primary N) is 2. The van der Waals surface area contributed by atoms with Gasteiger partial charge in [-0.15, -0.1) is 0 Å². The maximum atomic E-state index is 10.9. The number of benzene rings is 1. The first-order valence-corrected chi connectivity index (χ1v) is 5.43. The summed E-state index contributed by atoms with van der Waals surface area (Å²) in [4.78, 5) is 10.9. The molecule has 0 bridgehead atoms. The molecule has 16 heavy (non-hydrogen) atoms. The molecule has 1 aromatic carbocycles. The number of hydrogen-bond donors (Lipinski definition) is 2. The highest BCUT2D eigenvalue weighted by Crippen LogP contribution is 2.35. The molecule has 0 aromatic heterocycles. The van der Waals surface area contributed by atoms with Gasteiger partial charge >= 0.3 is 0 Å². The van der Waals surface area contributed by atoms with Crippen LogP contribution in [-0.2, 0) is 11.2 Å². The zero-order valence-corrected chi connectivity index (χ0v) is 9.27. The lowest BCUT2D eigenvalue weighted by atomic mass is 10.1. The Morgan fingerprint density at radius 3 is 3.00 bits per heavy atom. The minimum atomic E-state index is -0.608. The van der Waals surface area contributed by atoms with Crippen molar-refractivity contribution in [2.45, 2.75) is 31.9 Å². The molecule has 0 aliphatic heterocycles. The largest absolute Gasteiger partial charge is 0.481 e. The predicted molar refractivity (Wildman–Crippen MR) is 61.0 cm³/mol. The zero-order chi connectivity index (χ0) is 11.7. The quantitative estimate of drug-likeness (QED) is 0.793. The minimum absolute atomic E-state index is 0.0856. The Morgan fingerprint density at radius 2 is 2.31 bits per heavy atom. The molecular weight excluding hydrogens is 204 g/mol. The number of hydrogen-bond acceptors (Lipinski definition) is 3. The third-order valence-electron chi connectivity index (χ3n) is 2.98. The van der Waals surface area contributed by atoms with E-state index in [0.717, 1.165) is 29.7 Å². The molecule has 4 N–H and O–H groups in total. The monoisotopic (exact) mass is 220 g/mol. The van der Waals surface area contributed by atoms with E-state index in [2.05, 4.69) is 0 Å². The number of fused-ring (bicyclic) bond motifs is 1. The molecule has 1 aromatic rings. The van der Waals surface area contributed by atoms with Gasteiger partial charge in [0.25, 0.3) is 5.91 Å². The predicted octanol–water partition coefficient (Wildman–Crippen LogP) is 0.885. The van der Waals surface area contributed by atoms with E-state index in [9.17, 15) is 4.79 Å². The van der Waals surface area contributed by atoms with Crippen molar-refractivity contribution in [1.29, 1.82) is 0 Å². The molecule has 1 aliphatic rings. The molecule has 0 heterocycles. The maximum Gasteiger partial charge on any atom is 0.258 e. The summed E-state index contributed by atoms with van der Waals surface area (Å²) in [6.45, 7) is 1.65. The molecule has 2 atom stereocenters. The van der Waals surface area contributed by atoms with Crippen LogP contribution in [0.3, 0.4) is 0 Å². The fraction of sp³-hybridized carbons (Fsp3) is 0.417. The van der Waals surface area contributed by atoms with E-state index in [0.29, 0.717) is 0 Å². The van der Waals surface area contributed by atoms with Crippen LogP contribution in [0, 0.1) is 0 Å². The van der Waals surface area contributed by atoms with Crippen molar-refractivity contribution in [1.82, 2.24) is 0 Å². The third kappa shape index (κ3) is 1.88. The molecule has 4 heteroatoms. The highest BCUT2D eigenvalue weighted by atomic mass is 16.5. The van der Waals surface area contributed by atoms with E-state index in [-0.39, 0.29) is 6.04 Å². The van der Waals surface area contributed by atoms with Crippen molar-refractivity contribution in [3.05, 3.63) is 29.3 Å². The Hall–Kier alpha value is -1.55. The Kier molecular flexibility index (Phi) is 2.83. The molecule has 0 radical (unpaired) electrons. The Morgan fingerprint density at radius 1 is 1.56 bits per heavy atom. The standard InChI is InChI=1S/C12H16N2O2/c1-7(12(14)15)16-11-4-2-3-8-9(11)5-6-10(8)13/h2-4,7,10H,5-6,13H2,1H3,(H2,14,15). The first-order valence-electron chi connectivity index (χ1n) is 5.43. The number of primary amides is 1. The second kappa shape index (κ2) is 4.14. The third-order valence-corrected chi connectivity index (χ3v) is 2.98. The molecule has 2 rings (SSSR count). The van der Waals surface area contributed by atoms with Crippen LogP contribution in [0.2, 0.25) is 0 Å². The van der Waals surface area contributed by atoms with Gasteiger partial charge in [-0.3, -0.25) is 4.79 Å². The van der Waals surface area contributed by atoms with Gasteiger partial charge in [-0.25, -0.2) is 0 Å². The summed E-state index contributed by atoms with van der Waals surface area (Å²) in [5.74, 6) is 0.275. The lowest BCUT2D eigenvalue weighted by Gasteiger charge is -2.14. The van der Waals surface area contributed by atoms with Crippen LogP contribution in [0.4, 0.5) is 0 Å². The first kappa shape index (κ1) is 11.0. The SMILES string of the molecule is CC(Oc1cccc2c1CCC2N)C(N)=O. The van der Waals surface area contributed by atoms with Gasteiger partial charge in [0, 0.05) is 6.04 Å². The summed E-state index contributed by atoms with van der Waals surface area (Å²) < 4.78 is 5.54. The van der Waals surface area contributed by atoms with Crippen LogP contribution >= 0.6 is 0 Å². The molecular formula is C12H16N2O2. The van der Waals surface area contributed by atoms with Gasteiger partial charge in [-0.05, 0) is 37.0 Å². The van der Waals surface area contributed by atoms with E-state index < -0.39 is 12.0 Å². The second-order valence-corrected chi connectivity index (χ2v) is 4.13. The molecule has 1 amide bonds. The molecule has 86 valence electrons. The van der Waals surface area contributed by atoms with E-state index >= 15 is 0 Å². The summed E-state index contributed by atoms with van der Waals surface area (Å²) in [5.41, 5.74) is 13.4. The smallest absolute Gasteiger partial charge is 0.258 e. The van der Waals surface area contributed by atoms with Crippen molar-refractivity contribution in [3.8, 4) is 5.75 Å². The Bertz CT molecular complexity index is 417. The second-order valence-electron chi connectivity index (χ2n) is 4.13. The number of ether oxygens (including phenoxy) is 1. The Balaban J connectivity index is 2.26. The fourth-order valence-electron chi connectivity index (χ4n) is 2.01. The van der Waals surface area contributed by atoms with Crippen molar-refractivity contribution >= 4 is 5.91 Å². The normalized spacial score (nSPS) is 20.2. The van der Waals surface area contributed by atoms with Crippen LogP contribution in [0.25, 0.3) is 0 Å². The minimum Gasteiger partial charge on any atom is -0.481 e. The first-order chi connectivity index (χ1) is 7.59. The van der Waals surface area contributed by atoms with Crippen molar-refractivity contribution < 1.29 is 9.53 Å². The van der Waals surface area contributed by atoms with E-state index in [4.69, 9.17) is 16.2 Å². The topological polar surface area (TPSA) is 78.3 Å². The highest BCUT2D eigenvalue weighted by Gasteiger charge is 2.23. The maximum absolute atomic E-state index is 10.9. The molecule has 0 saturated carbocycles. The van der Waals surface area contributed by atoms with Crippen LogP contribution in [-0.4, -0.2) is 12.0 Å². The molecule has 0 spiro atoms. The summed E-state index contributed by atoms with van der Waals surface area (Å²) in [6.07, 6.45) is 1.22. The fourth-order valence-corrected chi connectivity index (χ4v) is 2.01. The average molecular weight is 220 g/mol. The average Bonchev–Trinajstić information content (AvgIpc) is 2.62. The van der Waals surface area contributed by atoms with Crippen molar-refractivity contribution in [3.63, 3.8) is 0 Å². The van der Waals surface area contributed by atoms with Crippen LogP contribution in [0.15, 0.2) is 18.2 Å². The lowest BCUT2D eigenvalue weighted by Crippen LogP contribution is -2.30. The van der Waals surface area contributed by atoms with E-state index in [1.807, 2.05) is 18.2 Å². The van der Waals surface area contributed by atoms with Gasteiger partial charge in [-0.1, -0.05) is 12.1 Å². The van der Waals surface area contributed by atoms with Crippen molar-refractivity contribution in [2.24, 2.45) is 11.5 Å². The van der Waals surface area contributed by atoms with Crippen LogP contribution < -0.4 is 16.2 Å². The van der Waals surface area contributed by atoms with E-state index in [1.54, 1.807) is 6.92 Å². The molecule has 0 fully saturated rings. The summed E-state index contributed by atoms with van der Waals surface area (Å²) in [6, 6.07) is 5.85. The molecule has 2 unspecified atom stereocenters. The van der Waals surface area contributed by atoms with Crippen molar-refractivity contribution in [2.75, 3.05) is 0 Å². The van der Waals surface area contributed by atoms with Gasteiger partial charge in [0.2, 0.25) is 0 Å². The molecule has 4 nitrogen and oxygen atoms in total. The number of amides is 1. The number of carbonyl (C=O) groups is 1. The lowest BCUT2D eigenvalue weighted by molar-refractivity contribution is -0.123. The van der Waals surface area contributed by atoms with Gasteiger partial charge in [-0.2, -0.15) is 0 Å². The summed E-state index contributed by atoms with van der Waals surface area (Å²) in [5, 5.41) is 0. The zero-order valence-electron chi connectivity index (χ0n) is 9.27. The Labute approximate surface area is 94.6 Å². The van der Waals surface area contributed by atoms with Crippen LogP contribution in [0.1, 0.15) is 30.5 Å². The van der Waals surface area contributed by atoms with Gasteiger partial charge in [0.15, 0.2) is 6.10 Å². The van der Waals surface area contributed by atoms with Gasteiger partial charge < -0.3 is 16.2 Å². The van der Waals surface area contributed by atoms with E-state index in [1.165, 1.54) is 0 Å². The highest BCUT2D eigenvalue weighted by molar-refractivity contribution is 5.78. The van der Waals surface area contributed by atoms with Crippen LogP contribution in [0.5, 0.6) is 5.75 Å². The summed E-state index contributed by atoms with van der Waals surface area (Å²) >= 11 is 0.